The van der Waals surface area contributed by atoms with Crippen LogP contribution in [0.2, 0.25) is 0 Å². The molecule has 0 atom stereocenters. The summed E-state index contributed by atoms with van der Waals surface area (Å²) in [6, 6.07) is 15.2. The maximum atomic E-state index is 15.1. The van der Waals surface area contributed by atoms with Crippen LogP contribution in [-0.2, 0) is 0 Å². The monoisotopic (exact) mass is 506 g/mol. The van der Waals surface area contributed by atoms with Crippen molar-refractivity contribution in [2.75, 3.05) is 0 Å². The Kier molecular flexibility index (Phi) is 5.72. The highest BCUT2D eigenvalue weighted by Crippen LogP contribution is 2.41. The van der Waals surface area contributed by atoms with Gasteiger partial charge in [0.15, 0.2) is 46.5 Å². The van der Waals surface area contributed by atoms with Crippen molar-refractivity contribution in [3.63, 3.8) is 0 Å². The summed E-state index contributed by atoms with van der Waals surface area (Å²) in [5.74, 6) is -14.6. The highest BCUT2D eigenvalue weighted by molar-refractivity contribution is 7.80. The lowest BCUT2D eigenvalue weighted by Crippen LogP contribution is -2.24. The maximum Gasteiger partial charge on any atom is 0.198 e. The van der Waals surface area contributed by atoms with Crippen LogP contribution >= 0.6 is 7.92 Å². The van der Waals surface area contributed by atoms with Gasteiger partial charge in [-0.2, -0.15) is 0 Å². The van der Waals surface area contributed by atoms with Crippen LogP contribution in [0.15, 0.2) is 66.7 Å². The molecule has 0 fully saturated rings. The molecule has 0 saturated carbocycles. The molecule has 5 aromatic carbocycles. The first-order valence-electron chi connectivity index (χ1n) is 10.1. The van der Waals surface area contributed by atoms with Gasteiger partial charge in [0.2, 0.25) is 0 Å². The Morgan fingerprint density at radius 2 is 0.771 bits per heavy atom. The lowest BCUT2D eigenvalue weighted by molar-refractivity contribution is 0.418. The van der Waals surface area contributed by atoms with E-state index >= 15 is 8.78 Å². The van der Waals surface area contributed by atoms with Gasteiger partial charge >= 0.3 is 0 Å². The van der Waals surface area contributed by atoms with Crippen molar-refractivity contribution >= 4 is 45.4 Å². The summed E-state index contributed by atoms with van der Waals surface area (Å²) in [6.07, 6.45) is 0. The Bertz CT molecular complexity index is 1530. The standard InChI is InChI=1S/C26H11F8P/c27-19-13-8-4-10-15(17(13)21(29)25(33)23(19)31)35(12-6-2-1-3-7-12)16-11-5-9-14-18(16)22(30)26(34)24(32)20(14)28/h1-11H. The minimum atomic E-state index is -2.14. The van der Waals surface area contributed by atoms with E-state index in [1.807, 2.05) is 0 Å². The van der Waals surface area contributed by atoms with Gasteiger partial charge in [-0.05, 0) is 23.8 Å². The van der Waals surface area contributed by atoms with Crippen molar-refractivity contribution in [1.82, 2.24) is 0 Å². The van der Waals surface area contributed by atoms with Gasteiger partial charge in [-0.15, -0.1) is 0 Å². The third-order valence-electron chi connectivity index (χ3n) is 5.65. The van der Waals surface area contributed by atoms with E-state index in [9.17, 15) is 26.3 Å². The Morgan fingerprint density at radius 3 is 1.20 bits per heavy atom. The maximum absolute atomic E-state index is 15.1. The van der Waals surface area contributed by atoms with Crippen molar-refractivity contribution < 1.29 is 35.1 Å². The van der Waals surface area contributed by atoms with E-state index in [1.165, 1.54) is 24.3 Å². The smallest absolute Gasteiger partial charge is 0.198 e. The van der Waals surface area contributed by atoms with Gasteiger partial charge < -0.3 is 0 Å². The summed E-state index contributed by atoms with van der Waals surface area (Å²) in [5.41, 5.74) is 0. The Morgan fingerprint density at radius 1 is 0.371 bits per heavy atom. The number of benzene rings is 5. The van der Waals surface area contributed by atoms with E-state index in [-0.39, 0.29) is 10.6 Å². The van der Waals surface area contributed by atoms with Gasteiger partial charge in [-0.3, -0.25) is 0 Å². The zero-order valence-corrected chi connectivity index (χ0v) is 18.2. The van der Waals surface area contributed by atoms with E-state index in [2.05, 4.69) is 0 Å². The van der Waals surface area contributed by atoms with Crippen LogP contribution in [0.1, 0.15) is 0 Å². The summed E-state index contributed by atoms with van der Waals surface area (Å²) < 4.78 is 116. The molecule has 0 radical (unpaired) electrons. The molecule has 0 spiro atoms. The van der Waals surface area contributed by atoms with E-state index in [0.717, 1.165) is 12.1 Å². The average molecular weight is 506 g/mol. The van der Waals surface area contributed by atoms with Crippen LogP contribution in [0.4, 0.5) is 35.1 Å². The van der Waals surface area contributed by atoms with Gasteiger partial charge in [0.05, 0.1) is 0 Å². The van der Waals surface area contributed by atoms with Gasteiger partial charge in [-0.1, -0.05) is 66.7 Å². The quantitative estimate of drug-likeness (QED) is 0.109. The van der Waals surface area contributed by atoms with Crippen molar-refractivity contribution in [3.05, 3.63) is 113 Å². The van der Waals surface area contributed by atoms with Crippen molar-refractivity contribution in [3.8, 4) is 0 Å². The van der Waals surface area contributed by atoms with Gasteiger partial charge in [0.25, 0.3) is 0 Å². The second kappa shape index (κ2) is 8.61. The minimum absolute atomic E-state index is 0.0592. The molecular formula is C26H11F8P. The second-order valence-electron chi connectivity index (χ2n) is 7.58. The topological polar surface area (TPSA) is 0 Å². The lowest BCUT2D eigenvalue weighted by Gasteiger charge is -2.23. The van der Waals surface area contributed by atoms with Crippen LogP contribution in [0, 0.1) is 46.5 Å². The molecule has 5 rings (SSSR count). The fraction of sp³-hybridized carbons (Fsp3) is 0. The first-order chi connectivity index (χ1) is 16.7. The van der Waals surface area contributed by atoms with Crippen LogP contribution in [0.5, 0.6) is 0 Å². The lowest BCUT2D eigenvalue weighted by atomic mass is 10.1. The molecule has 9 heteroatoms. The number of halogens is 8. The van der Waals surface area contributed by atoms with Gasteiger partial charge in [-0.25, -0.2) is 35.1 Å². The molecule has 0 unspecified atom stereocenters. The fourth-order valence-electron chi connectivity index (χ4n) is 4.11. The molecule has 0 bridgehead atoms. The summed E-state index contributed by atoms with van der Waals surface area (Å²) in [4.78, 5) is 0. The molecule has 0 heterocycles. The number of hydrogen-bond donors (Lipinski definition) is 0. The predicted molar refractivity (Wildman–Crippen MR) is 120 cm³/mol. The molecule has 0 N–H and O–H groups in total. The normalized spacial score (nSPS) is 11.7. The molecule has 0 aromatic heterocycles. The van der Waals surface area contributed by atoms with Crippen LogP contribution < -0.4 is 15.9 Å². The van der Waals surface area contributed by atoms with E-state index in [0.29, 0.717) is 5.30 Å². The minimum Gasteiger partial charge on any atom is -0.203 e. The van der Waals surface area contributed by atoms with Crippen LogP contribution in [0.25, 0.3) is 21.5 Å². The zero-order chi connectivity index (χ0) is 25.0. The number of rotatable bonds is 3. The highest BCUT2D eigenvalue weighted by Gasteiger charge is 2.30. The summed E-state index contributed by atoms with van der Waals surface area (Å²) >= 11 is 0. The Balaban J connectivity index is 1.97. The molecule has 176 valence electrons. The highest BCUT2D eigenvalue weighted by atomic mass is 31.1. The zero-order valence-electron chi connectivity index (χ0n) is 17.3. The molecule has 35 heavy (non-hydrogen) atoms. The molecule has 0 aliphatic carbocycles. The molecular weight excluding hydrogens is 495 g/mol. The summed E-state index contributed by atoms with van der Waals surface area (Å²) in [6.45, 7) is 0. The molecule has 0 aliphatic heterocycles. The average Bonchev–Trinajstić information content (AvgIpc) is 2.88. The van der Waals surface area contributed by atoms with Gasteiger partial charge in [0.1, 0.15) is 0 Å². The fourth-order valence-corrected chi connectivity index (χ4v) is 6.75. The molecule has 0 nitrogen and oxygen atoms in total. The molecule has 5 aromatic rings. The van der Waals surface area contributed by atoms with E-state index < -0.39 is 76.0 Å². The Hall–Kier alpha value is -3.51. The molecule has 0 amide bonds. The third-order valence-corrected chi connectivity index (χ3v) is 8.17. The first-order valence-corrected chi connectivity index (χ1v) is 11.4. The summed E-state index contributed by atoms with van der Waals surface area (Å²) in [7, 11) is -2.14. The van der Waals surface area contributed by atoms with Crippen molar-refractivity contribution in [2.45, 2.75) is 0 Å². The van der Waals surface area contributed by atoms with Gasteiger partial charge in [0, 0.05) is 21.5 Å². The predicted octanol–water partition coefficient (Wildman–Crippen LogP) is 6.86. The number of fused-ring (bicyclic) bond motifs is 2. The number of hydrogen-bond acceptors (Lipinski definition) is 0. The third kappa shape index (κ3) is 3.47. The van der Waals surface area contributed by atoms with Crippen LogP contribution in [-0.4, -0.2) is 0 Å². The van der Waals surface area contributed by atoms with E-state index in [1.54, 1.807) is 30.3 Å². The van der Waals surface area contributed by atoms with Crippen molar-refractivity contribution in [2.24, 2.45) is 0 Å². The second-order valence-corrected chi connectivity index (χ2v) is 9.73. The summed E-state index contributed by atoms with van der Waals surface area (Å²) in [5, 5.41) is -2.04. The largest absolute Gasteiger partial charge is 0.203 e. The SMILES string of the molecule is Fc1c(F)c(F)c2c(P(c3ccccc3)c3cccc4c(F)c(F)c(F)c(F)c34)cccc2c1F. The van der Waals surface area contributed by atoms with Crippen molar-refractivity contribution in [1.29, 1.82) is 0 Å². The first kappa shape index (κ1) is 23.2. The Labute approximate surface area is 194 Å². The molecule has 0 saturated heterocycles. The van der Waals surface area contributed by atoms with Crippen LogP contribution in [0.3, 0.4) is 0 Å². The molecule has 0 aliphatic rings. The van der Waals surface area contributed by atoms with E-state index in [4.69, 9.17) is 0 Å².